The van der Waals surface area contributed by atoms with Crippen molar-refractivity contribution in [2.45, 2.75) is 39.2 Å². The van der Waals surface area contributed by atoms with Gasteiger partial charge in [-0.05, 0) is 24.8 Å². The van der Waals surface area contributed by atoms with Crippen molar-refractivity contribution in [3.63, 3.8) is 0 Å². The van der Waals surface area contributed by atoms with Crippen LogP contribution in [0.15, 0.2) is 17.5 Å². The first-order valence-electron chi connectivity index (χ1n) is 6.28. The van der Waals surface area contributed by atoms with E-state index >= 15 is 0 Å². The maximum absolute atomic E-state index is 12.1. The van der Waals surface area contributed by atoms with Gasteiger partial charge in [-0.2, -0.15) is 5.26 Å². The zero-order chi connectivity index (χ0) is 13.5. The first-order valence-corrected chi connectivity index (χ1v) is 7.16. The second-order valence-corrected chi connectivity index (χ2v) is 5.58. The van der Waals surface area contributed by atoms with Crippen LogP contribution in [0.25, 0.3) is 0 Å². The minimum absolute atomic E-state index is 0.0524. The average molecular weight is 264 g/mol. The Morgan fingerprint density at radius 2 is 2.33 bits per heavy atom. The highest BCUT2D eigenvalue weighted by Gasteiger charge is 2.24. The molecular formula is C14H20N2OS. The van der Waals surface area contributed by atoms with E-state index in [0.29, 0.717) is 6.42 Å². The summed E-state index contributed by atoms with van der Waals surface area (Å²) in [5.41, 5.74) is 0. The standard InChI is InChI=1S/C14H20N2OS/c1-4-6-12(10-15)14(17)16(3)11(2)9-13-7-5-8-18-13/h5,7-8,11-12H,4,6,9H2,1-3H3. The summed E-state index contributed by atoms with van der Waals surface area (Å²) in [7, 11) is 1.79. The van der Waals surface area contributed by atoms with Crippen LogP contribution in [0.4, 0.5) is 0 Å². The van der Waals surface area contributed by atoms with E-state index in [9.17, 15) is 4.79 Å². The molecule has 0 N–H and O–H groups in total. The second kappa shape index (κ2) is 7.17. The first kappa shape index (κ1) is 14.7. The summed E-state index contributed by atoms with van der Waals surface area (Å²) in [4.78, 5) is 15.1. The van der Waals surface area contributed by atoms with Gasteiger partial charge in [-0.15, -0.1) is 11.3 Å². The van der Waals surface area contributed by atoms with Gasteiger partial charge in [0.2, 0.25) is 5.91 Å². The Morgan fingerprint density at radius 3 is 2.83 bits per heavy atom. The van der Waals surface area contributed by atoms with Gasteiger partial charge in [-0.25, -0.2) is 0 Å². The van der Waals surface area contributed by atoms with Gasteiger partial charge in [0.1, 0.15) is 5.92 Å². The SMILES string of the molecule is CCCC(C#N)C(=O)N(C)C(C)Cc1cccs1. The summed E-state index contributed by atoms with van der Waals surface area (Å²) in [5.74, 6) is -0.547. The maximum Gasteiger partial charge on any atom is 0.239 e. The molecule has 1 amide bonds. The molecule has 1 rings (SSSR count). The van der Waals surface area contributed by atoms with Crippen molar-refractivity contribution in [3.05, 3.63) is 22.4 Å². The Morgan fingerprint density at radius 1 is 1.61 bits per heavy atom. The molecular weight excluding hydrogens is 244 g/mol. The van der Waals surface area contributed by atoms with Crippen LogP contribution in [0.5, 0.6) is 0 Å². The van der Waals surface area contributed by atoms with Crippen LogP contribution in [0.3, 0.4) is 0 Å². The minimum atomic E-state index is -0.495. The van der Waals surface area contributed by atoms with Crippen LogP contribution >= 0.6 is 11.3 Å². The van der Waals surface area contributed by atoms with Gasteiger partial charge in [-0.1, -0.05) is 19.4 Å². The quantitative estimate of drug-likeness (QED) is 0.792. The van der Waals surface area contributed by atoms with Crippen molar-refractivity contribution < 1.29 is 4.79 Å². The molecule has 98 valence electrons. The summed E-state index contributed by atoms with van der Waals surface area (Å²) in [6.07, 6.45) is 2.35. The van der Waals surface area contributed by atoms with E-state index in [0.717, 1.165) is 12.8 Å². The zero-order valence-electron chi connectivity index (χ0n) is 11.2. The van der Waals surface area contributed by atoms with Gasteiger partial charge in [0, 0.05) is 24.4 Å². The summed E-state index contributed by atoms with van der Waals surface area (Å²) in [6, 6.07) is 6.33. The summed E-state index contributed by atoms with van der Waals surface area (Å²) in [5, 5.41) is 11.1. The second-order valence-electron chi connectivity index (χ2n) is 4.55. The smallest absolute Gasteiger partial charge is 0.239 e. The Balaban J connectivity index is 2.59. The predicted octanol–water partition coefficient (Wildman–Crippen LogP) is 3.08. The molecule has 1 aromatic rings. The van der Waals surface area contributed by atoms with Gasteiger partial charge in [0.15, 0.2) is 0 Å². The molecule has 0 radical (unpaired) electrons. The largest absolute Gasteiger partial charge is 0.342 e. The third-order valence-corrected chi connectivity index (χ3v) is 4.02. The van der Waals surface area contributed by atoms with Crippen molar-refractivity contribution in [2.24, 2.45) is 5.92 Å². The van der Waals surface area contributed by atoms with Gasteiger partial charge in [0.05, 0.1) is 6.07 Å². The Kier molecular flexibility index (Phi) is 5.87. The molecule has 4 heteroatoms. The molecule has 2 atom stereocenters. The normalized spacial score (nSPS) is 13.7. The van der Waals surface area contributed by atoms with Crippen molar-refractivity contribution in [2.75, 3.05) is 7.05 Å². The molecule has 3 nitrogen and oxygen atoms in total. The van der Waals surface area contributed by atoms with E-state index in [4.69, 9.17) is 5.26 Å². The van der Waals surface area contributed by atoms with E-state index in [1.54, 1.807) is 23.3 Å². The summed E-state index contributed by atoms with van der Waals surface area (Å²) in [6.45, 7) is 4.02. The molecule has 1 aromatic heterocycles. The van der Waals surface area contributed by atoms with E-state index < -0.39 is 5.92 Å². The molecule has 0 saturated heterocycles. The van der Waals surface area contributed by atoms with Crippen LogP contribution in [-0.4, -0.2) is 23.9 Å². The number of carbonyl (C=O) groups excluding carboxylic acids is 1. The fourth-order valence-electron chi connectivity index (χ4n) is 1.85. The Bertz CT molecular complexity index is 408. The third-order valence-electron chi connectivity index (χ3n) is 3.12. The lowest BCUT2D eigenvalue weighted by molar-refractivity contribution is -0.134. The van der Waals surface area contributed by atoms with Gasteiger partial charge < -0.3 is 4.90 Å². The summed E-state index contributed by atoms with van der Waals surface area (Å²) < 4.78 is 0. The van der Waals surface area contributed by atoms with E-state index in [2.05, 4.69) is 12.1 Å². The monoisotopic (exact) mass is 264 g/mol. The van der Waals surface area contributed by atoms with Crippen LogP contribution in [0, 0.1) is 17.2 Å². The number of likely N-dealkylation sites (N-methyl/N-ethyl adjacent to an activating group) is 1. The van der Waals surface area contributed by atoms with Gasteiger partial charge >= 0.3 is 0 Å². The van der Waals surface area contributed by atoms with E-state index in [1.165, 1.54) is 4.88 Å². The molecule has 0 saturated carbocycles. The number of rotatable bonds is 6. The zero-order valence-corrected chi connectivity index (χ0v) is 12.0. The van der Waals surface area contributed by atoms with Gasteiger partial charge in [0.25, 0.3) is 0 Å². The average Bonchev–Trinajstić information content (AvgIpc) is 2.86. The van der Waals surface area contributed by atoms with E-state index in [1.807, 2.05) is 25.3 Å². The van der Waals surface area contributed by atoms with Crippen LogP contribution in [0.1, 0.15) is 31.6 Å². The number of nitriles is 1. The van der Waals surface area contributed by atoms with Crippen LogP contribution < -0.4 is 0 Å². The predicted molar refractivity (Wildman–Crippen MR) is 74.3 cm³/mol. The fraction of sp³-hybridized carbons (Fsp3) is 0.571. The van der Waals surface area contributed by atoms with Crippen molar-refractivity contribution in [3.8, 4) is 6.07 Å². The first-order chi connectivity index (χ1) is 8.60. The Hall–Kier alpha value is -1.34. The topological polar surface area (TPSA) is 44.1 Å². The maximum atomic E-state index is 12.1. The van der Waals surface area contributed by atoms with Crippen molar-refractivity contribution in [1.82, 2.24) is 4.90 Å². The molecule has 0 bridgehead atoms. The molecule has 18 heavy (non-hydrogen) atoms. The van der Waals surface area contributed by atoms with Crippen molar-refractivity contribution in [1.29, 1.82) is 5.26 Å². The highest BCUT2D eigenvalue weighted by molar-refractivity contribution is 7.09. The molecule has 0 fully saturated rings. The molecule has 0 aliphatic heterocycles. The van der Waals surface area contributed by atoms with E-state index in [-0.39, 0.29) is 11.9 Å². The minimum Gasteiger partial charge on any atom is -0.342 e. The molecule has 0 aromatic carbocycles. The Labute approximate surface area is 113 Å². The molecule has 0 aliphatic carbocycles. The number of hydrogen-bond donors (Lipinski definition) is 0. The molecule has 1 heterocycles. The number of amides is 1. The number of carbonyl (C=O) groups is 1. The number of hydrogen-bond acceptors (Lipinski definition) is 3. The molecule has 2 unspecified atom stereocenters. The van der Waals surface area contributed by atoms with Crippen molar-refractivity contribution >= 4 is 17.2 Å². The lowest BCUT2D eigenvalue weighted by Gasteiger charge is -2.26. The van der Waals surface area contributed by atoms with Crippen LogP contribution in [-0.2, 0) is 11.2 Å². The number of nitrogens with zero attached hydrogens (tertiary/aromatic N) is 2. The molecule has 0 aliphatic rings. The highest BCUT2D eigenvalue weighted by atomic mass is 32.1. The van der Waals surface area contributed by atoms with Gasteiger partial charge in [-0.3, -0.25) is 4.79 Å². The third kappa shape index (κ3) is 3.85. The number of thiophene rings is 1. The highest BCUT2D eigenvalue weighted by Crippen LogP contribution is 2.16. The summed E-state index contributed by atoms with van der Waals surface area (Å²) >= 11 is 1.70. The van der Waals surface area contributed by atoms with Crippen LogP contribution in [0.2, 0.25) is 0 Å². The lowest BCUT2D eigenvalue weighted by atomic mass is 10.0. The fourth-order valence-corrected chi connectivity index (χ4v) is 2.68. The molecule has 0 spiro atoms. The lowest BCUT2D eigenvalue weighted by Crippen LogP contribution is -2.39.